The molecule has 0 heterocycles. The van der Waals surface area contributed by atoms with Gasteiger partial charge in [0, 0.05) is 17.8 Å². The van der Waals surface area contributed by atoms with Crippen LogP contribution in [0.1, 0.15) is 11.1 Å². The summed E-state index contributed by atoms with van der Waals surface area (Å²) in [7, 11) is -7.88. The molecule has 0 saturated carbocycles. The summed E-state index contributed by atoms with van der Waals surface area (Å²) in [6.07, 6.45) is 0. The minimum absolute atomic E-state index is 0.0339. The fraction of sp³-hybridized carbons (Fsp3) is 0.100. The van der Waals surface area contributed by atoms with Gasteiger partial charge >= 0.3 is 0 Å². The van der Waals surface area contributed by atoms with Crippen molar-refractivity contribution in [2.75, 3.05) is 9.44 Å². The molecule has 2 N–H and O–H groups in total. The average molecular weight is 462 g/mol. The standard InChI is InChI=1S/C20H19N3O6S2/c1-14-4-3-5-15(2)20(14)22-31(28,29)18-10-6-16(7-11-18)21-30(26,27)19-12-8-17(9-13-19)23(24)25/h3-13,21-22H,1-2H3. The third kappa shape index (κ3) is 5.01. The molecule has 3 aromatic carbocycles. The number of non-ortho nitro benzene ring substituents is 1. The molecule has 0 aromatic heterocycles. The van der Waals surface area contributed by atoms with Gasteiger partial charge in [0.05, 0.1) is 20.4 Å². The van der Waals surface area contributed by atoms with E-state index in [9.17, 15) is 26.9 Å². The Labute approximate surface area is 180 Å². The summed E-state index contributed by atoms with van der Waals surface area (Å²) in [6.45, 7) is 3.59. The van der Waals surface area contributed by atoms with E-state index in [1.165, 1.54) is 24.3 Å². The molecule has 11 heteroatoms. The van der Waals surface area contributed by atoms with E-state index in [4.69, 9.17) is 0 Å². The highest BCUT2D eigenvalue weighted by molar-refractivity contribution is 7.93. The van der Waals surface area contributed by atoms with Crippen LogP contribution in [0.25, 0.3) is 0 Å². The number of nitro benzene ring substituents is 1. The van der Waals surface area contributed by atoms with Crippen LogP contribution in [0.4, 0.5) is 17.1 Å². The average Bonchev–Trinajstić information content (AvgIpc) is 2.71. The van der Waals surface area contributed by atoms with Crippen LogP contribution in [0.15, 0.2) is 76.5 Å². The third-order valence-corrected chi connectivity index (χ3v) is 7.26. The zero-order valence-electron chi connectivity index (χ0n) is 16.6. The molecule has 162 valence electrons. The Morgan fingerprint density at radius 2 is 1.16 bits per heavy atom. The van der Waals surface area contributed by atoms with Gasteiger partial charge in [-0.05, 0) is 61.4 Å². The number of nitrogens with one attached hydrogen (secondary N) is 2. The lowest BCUT2D eigenvalue weighted by Gasteiger charge is -2.14. The molecule has 0 saturated heterocycles. The highest BCUT2D eigenvalue weighted by Gasteiger charge is 2.19. The highest BCUT2D eigenvalue weighted by atomic mass is 32.2. The van der Waals surface area contributed by atoms with E-state index in [0.717, 1.165) is 35.4 Å². The number of para-hydroxylation sites is 1. The molecule has 3 rings (SSSR count). The second kappa shape index (κ2) is 8.36. The Balaban J connectivity index is 1.80. The van der Waals surface area contributed by atoms with Crippen LogP contribution in [0.5, 0.6) is 0 Å². The molecule has 0 spiro atoms. The maximum atomic E-state index is 12.7. The summed E-state index contributed by atoms with van der Waals surface area (Å²) >= 11 is 0. The number of hydrogen-bond donors (Lipinski definition) is 2. The summed E-state index contributed by atoms with van der Waals surface area (Å²) in [5, 5.41) is 10.7. The number of nitrogens with zero attached hydrogens (tertiary/aromatic N) is 1. The first-order chi connectivity index (χ1) is 14.5. The number of nitro groups is 1. The van der Waals surface area contributed by atoms with Gasteiger partial charge in [-0.2, -0.15) is 0 Å². The number of aryl methyl sites for hydroxylation is 2. The van der Waals surface area contributed by atoms with Crippen molar-refractivity contribution in [1.29, 1.82) is 0 Å². The van der Waals surface area contributed by atoms with Crippen LogP contribution >= 0.6 is 0 Å². The Hall–Kier alpha value is -3.44. The van der Waals surface area contributed by atoms with Crippen LogP contribution in [0.3, 0.4) is 0 Å². The van der Waals surface area contributed by atoms with Gasteiger partial charge in [-0.15, -0.1) is 0 Å². The first kappa shape index (κ1) is 22.2. The number of anilines is 2. The maximum absolute atomic E-state index is 12.7. The molecule has 31 heavy (non-hydrogen) atoms. The maximum Gasteiger partial charge on any atom is 0.269 e. The fourth-order valence-electron chi connectivity index (χ4n) is 2.83. The van der Waals surface area contributed by atoms with Crippen LogP contribution in [-0.4, -0.2) is 21.8 Å². The van der Waals surface area contributed by atoms with Gasteiger partial charge in [0.2, 0.25) is 0 Å². The largest absolute Gasteiger partial charge is 0.280 e. The number of benzene rings is 3. The van der Waals surface area contributed by atoms with Gasteiger partial charge in [0.1, 0.15) is 0 Å². The number of sulfonamides is 2. The topological polar surface area (TPSA) is 135 Å². The molecule has 0 unspecified atom stereocenters. The van der Waals surface area contributed by atoms with E-state index in [1.807, 2.05) is 6.07 Å². The molecule has 0 atom stereocenters. The summed E-state index contributed by atoms with van der Waals surface area (Å²) in [6, 6.07) is 15.0. The van der Waals surface area contributed by atoms with E-state index in [0.29, 0.717) is 5.69 Å². The molecule has 0 aliphatic heterocycles. The molecule has 9 nitrogen and oxygen atoms in total. The molecule has 0 aliphatic carbocycles. The van der Waals surface area contributed by atoms with Crippen molar-refractivity contribution < 1.29 is 21.8 Å². The predicted octanol–water partition coefficient (Wildman–Crippen LogP) is 3.81. The smallest absolute Gasteiger partial charge is 0.269 e. The summed E-state index contributed by atoms with van der Waals surface area (Å²) < 4.78 is 55.2. The van der Waals surface area contributed by atoms with Gasteiger partial charge < -0.3 is 0 Å². The molecular formula is C20H19N3O6S2. The van der Waals surface area contributed by atoms with Crippen LogP contribution in [0.2, 0.25) is 0 Å². The third-order valence-electron chi connectivity index (χ3n) is 4.49. The van der Waals surface area contributed by atoms with Gasteiger partial charge in [0.25, 0.3) is 25.7 Å². The van der Waals surface area contributed by atoms with Gasteiger partial charge in [-0.1, -0.05) is 18.2 Å². The lowest BCUT2D eigenvalue weighted by atomic mass is 10.1. The van der Waals surface area contributed by atoms with Crippen molar-refractivity contribution >= 4 is 37.1 Å². The second-order valence-electron chi connectivity index (χ2n) is 6.75. The Kier molecular flexibility index (Phi) is 6.00. The van der Waals surface area contributed by atoms with E-state index in [-0.39, 0.29) is 21.2 Å². The fourth-order valence-corrected chi connectivity index (χ4v) is 5.09. The molecule has 0 aliphatic rings. The zero-order chi connectivity index (χ0) is 22.8. The SMILES string of the molecule is Cc1cccc(C)c1NS(=O)(=O)c1ccc(NS(=O)(=O)c2ccc([N+](=O)[O-])cc2)cc1. The van der Waals surface area contributed by atoms with Gasteiger partial charge in [0.15, 0.2) is 0 Å². The molecule has 0 amide bonds. The van der Waals surface area contributed by atoms with Crippen molar-refractivity contribution in [3.05, 3.63) is 88.0 Å². The Bertz CT molecular complexity index is 1310. The van der Waals surface area contributed by atoms with Gasteiger partial charge in [-0.25, -0.2) is 16.8 Å². The molecular weight excluding hydrogens is 442 g/mol. The minimum Gasteiger partial charge on any atom is -0.280 e. The monoisotopic (exact) mass is 461 g/mol. The van der Waals surface area contributed by atoms with E-state index in [2.05, 4.69) is 9.44 Å². The quantitative estimate of drug-likeness (QED) is 0.406. The second-order valence-corrected chi connectivity index (χ2v) is 10.1. The van der Waals surface area contributed by atoms with E-state index >= 15 is 0 Å². The number of rotatable bonds is 7. The molecule has 3 aromatic rings. The predicted molar refractivity (Wildman–Crippen MR) is 117 cm³/mol. The Morgan fingerprint density at radius 1 is 0.710 bits per heavy atom. The molecule has 0 radical (unpaired) electrons. The van der Waals surface area contributed by atoms with Gasteiger partial charge in [-0.3, -0.25) is 19.6 Å². The number of hydrogen-bond acceptors (Lipinski definition) is 6. The normalized spacial score (nSPS) is 11.7. The first-order valence-corrected chi connectivity index (χ1v) is 11.9. The van der Waals surface area contributed by atoms with Crippen LogP contribution < -0.4 is 9.44 Å². The van der Waals surface area contributed by atoms with Crippen molar-refractivity contribution in [2.45, 2.75) is 23.6 Å². The lowest BCUT2D eigenvalue weighted by Crippen LogP contribution is -2.15. The van der Waals surface area contributed by atoms with E-state index < -0.39 is 25.0 Å². The molecule has 0 fully saturated rings. The van der Waals surface area contributed by atoms with Crippen molar-refractivity contribution in [2.24, 2.45) is 0 Å². The zero-order valence-corrected chi connectivity index (χ0v) is 18.2. The lowest BCUT2D eigenvalue weighted by molar-refractivity contribution is -0.384. The summed E-state index contributed by atoms with van der Waals surface area (Å²) in [5.74, 6) is 0. The first-order valence-electron chi connectivity index (χ1n) is 8.96. The van der Waals surface area contributed by atoms with Crippen molar-refractivity contribution in [3.63, 3.8) is 0 Å². The Morgan fingerprint density at radius 3 is 1.65 bits per heavy atom. The summed E-state index contributed by atoms with van der Waals surface area (Å²) in [5.41, 5.74) is 1.95. The van der Waals surface area contributed by atoms with Crippen LogP contribution in [0, 0.1) is 24.0 Å². The molecule has 0 bridgehead atoms. The summed E-state index contributed by atoms with van der Waals surface area (Å²) in [4.78, 5) is 9.88. The highest BCUT2D eigenvalue weighted by Crippen LogP contribution is 2.25. The van der Waals surface area contributed by atoms with Crippen molar-refractivity contribution in [3.8, 4) is 0 Å². The van der Waals surface area contributed by atoms with E-state index in [1.54, 1.807) is 26.0 Å². The van der Waals surface area contributed by atoms with Crippen LogP contribution in [-0.2, 0) is 20.0 Å². The minimum atomic E-state index is -4.00. The van der Waals surface area contributed by atoms with Crippen molar-refractivity contribution in [1.82, 2.24) is 0 Å².